The van der Waals surface area contributed by atoms with E-state index in [0.29, 0.717) is 5.69 Å². The molecule has 1 aromatic carbocycles. The Morgan fingerprint density at radius 3 is 2.60 bits per heavy atom. The van der Waals surface area contributed by atoms with Crippen LogP contribution in [0.2, 0.25) is 0 Å². The van der Waals surface area contributed by atoms with Gasteiger partial charge in [0.15, 0.2) is 0 Å². The summed E-state index contributed by atoms with van der Waals surface area (Å²) in [5.74, 6) is -1.39. The molecular weight excluding hydrogens is 419 g/mol. The number of carbonyl (C=O) groups excluding carboxylic acids is 2. The van der Waals surface area contributed by atoms with Crippen LogP contribution in [-0.2, 0) is 10.9 Å². The normalized spacial score (nSPS) is 14.0. The molecule has 156 valence electrons. The van der Waals surface area contributed by atoms with Crippen molar-refractivity contribution in [2.45, 2.75) is 24.9 Å². The molecule has 3 N–H and O–H groups in total. The topological polar surface area (TPSA) is 94.3 Å². The molecule has 3 aromatic rings. The summed E-state index contributed by atoms with van der Waals surface area (Å²) < 4.78 is 45.7. The number of rotatable bonds is 4. The maximum absolute atomic E-state index is 13.7. The molecule has 0 unspecified atom stereocenters. The van der Waals surface area contributed by atoms with Crippen LogP contribution < -0.4 is 11.1 Å². The van der Waals surface area contributed by atoms with Crippen LogP contribution in [0.4, 0.5) is 24.5 Å². The summed E-state index contributed by atoms with van der Waals surface area (Å²) >= 11 is 0.797. The van der Waals surface area contributed by atoms with Crippen molar-refractivity contribution in [2.24, 2.45) is 0 Å². The number of thiophene rings is 1. The van der Waals surface area contributed by atoms with Crippen molar-refractivity contribution in [1.29, 1.82) is 0 Å². The summed E-state index contributed by atoms with van der Waals surface area (Å²) in [6.07, 6.45) is -3.06. The number of nitrogen functional groups attached to an aromatic ring is 1. The number of alkyl halides is 3. The number of fused-ring (bicyclic) bond motifs is 1. The second-order valence-electron chi connectivity index (χ2n) is 6.88. The van der Waals surface area contributed by atoms with Crippen molar-refractivity contribution >= 4 is 44.8 Å². The minimum absolute atomic E-state index is 0.00281. The minimum Gasteiger partial charge on any atom is -0.465 e. The lowest BCUT2D eigenvalue weighted by Crippen LogP contribution is -2.15. The molecule has 0 aliphatic heterocycles. The molecule has 1 fully saturated rings. The fourth-order valence-electron chi connectivity index (χ4n) is 3.18. The van der Waals surface area contributed by atoms with Crippen molar-refractivity contribution < 1.29 is 27.5 Å². The highest BCUT2D eigenvalue weighted by atomic mass is 32.1. The SMILES string of the molecule is COC(=O)c1ccccc1NC(=O)c1sc2nc(C3CC3)cc(C(F)(F)F)c2c1N. The highest BCUT2D eigenvalue weighted by Crippen LogP contribution is 2.46. The van der Waals surface area contributed by atoms with Crippen LogP contribution in [0.3, 0.4) is 0 Å². The monoisotopic (exact) mass is 435 g/mol. The molecule has 6 nitrogen and oxygen atoms in total. The number of esters is 1. The van der Waals surface area contributed by atoms with Gasteiger partial charge in [0.25, 0.3) is 5.91 Å². The maximum atomic E-state index is 13.7. The number of amides is 1. The Morgan fingerprint density at radius 2 is 1.97 bits per heavy atom. The van der Waals surface area contributed by atoms with E-state index in [1.165, 1.54) is 19.2 Å². The van der Waals surface area contributed by atoms with Gasteiger partial charge in [-0.05, 0) is 31.0 Å². The van der Waals surface area contributed by atoms with Gasteiger partial charge in [0.2, 0.25) is 0 Å². The number of hydrogen-bond acceptors (Lipinski definition) is 6. The number of ether oxygens (including phenoxy) is 1. The van der Waals surface area contributed by atoms with Gasteiger partial charge in [0, 0.05) is 17.0 Å². The van der Waals surface area contributed by atoms with Gasteiger partial charge in [-0.25, -0.2) is 9.78 Å². The Morgan fingerprint density at radius 1 is 1.27 bits per heavy atom. The zero-order chi connectivity index (χ0) is 21.6. The molecular formula is C20H16F3N3O3S. The number of benzene rings is 1. The summed E-state index contributed by atoms with van der Waals surface area (Å²) in [5, 5.41) is 2.26. The van der Waals surface area contributed by atoms with E-state index in [9.17, 15) is 22.8 Å². The van der Waals surface area contributed by atoms with Crippen molar-refractivity contribution in [2.75, 3.05) is 18.2 Å². The van der Waals surface area contributed by atoms with Gasteiger partial charge < -0.3 is 15.8 Å². The molecule has 1 aliphatic carbocycles. The van der Waals surface area contributed by atoms with Crippen LogP contribution in [0.5, 0.6) is 0 Å². The fraction of sp³-hybridized carbons (Fsp3) is 0.250. The molecule has 30 heavy (non-hydrogen) atoms. The number of methoxy groups -OCH3 is 1. The molecule has 10 heteroatoms. The zero-order valence-corrected chi connectivity index (χ0v) is 16.5. The number of nitrogens with one attached hydrogen (secondary N) is 1. The molecule has 1 aliphatic rings. The smallest absolute Gasteiger partial charge is 0.417 e. The van der Waals surface area contributed by atoms with Crippen LogP contribution in [0.15, 0.2) is 30.3 Å². The van der Waals surface area contributed by atoms with E-state index in [1.54, 1.807) is 12.1 Å². The molecule has 0 bridgehead atoms. The molecule has 0 radical (unpaired) electrons. The van der Waals surface area contributed by atoms with E-state index in [4.69, 9.17) is 5.73 Å². The highest BCUT2D eigenvalue weighted by molar-refractivity contribution is 7.21. The second-order valence-corrected chi connectivity index (χ2v) is 7.88. The quantitative estimate of drug-likeness (QED) is 0.574. The van der Waals surface area contributed by atoms with Gasteiger partial charge >= 0.3 is 12.1 Å². The standard InChI is InChI=1S/C20H16F3N3O3S/c1-29-19(28)10-4-2-3-5-12(10)25-17(27)16-15(24)14-11(20(21,22)23)8-13(9-6-7-9)26-18(14)30-16/h2-5,8-9H,6-7,24H2,1H3,(H,25,27). The molecule has 1 saturated carbocycles. The number of halogens is 3. The summed E-state index contributed by atoms with van der Waals surface area (Å²) in [4.78, 5) is 29.0. The van der Waals surface area contributed by atoms with E-state index >= 15 is 0 Å². The largest absolute Gasteiger partial charge is 0.465 e. The summed E-state index contributed by atoms with van der Waals surface area (Å²) in [5.41, 5.74) is 5.43. The number of nitrogens with two attached hydrogens (primary N) is 1. The highest BCUT2D eigenvalue weighted by Gasteiger charge is 2.38. The Hall–Kier alpha value is -3.14. The van der Waals surface area contributed by atoms with Crippen LogP contribution in [0.1, 0.15) is 50.0 Å². The molecule has 2 aromatic heterocycles. The Kier molecular flexibility index (Phi) is 4.89. The van der Waals surface area contributed by atoms with Crippen LogP contribution in [0, 0.1) is 0 Å². The number of para-hydroxylation sites is 1. The number of aromatic nitrogens is 1. The third-order valence-electron chi connectivity index (χ3n) is 4.81. The first kappa shape index (κ1) is 20.1. The predicted octanol–water partition coefficient (Wildman–Crippen LogP) is 4.81. The van der Waals surface area contributed by atoms with Crippen LogP contribution in [0.25, 0.3) is 10.2 Å². The van der Waals surface area contributed by atoms with E-state index in [2.05, 4.69) is 15.0 Å². The number of hydrogen-bond donors (Lipinski definition) is 2. The number of pyridine rings is 1. The van der Waals surface area contributed by atoms with Gasteiger partial charge in [-0.1, -0.05) is 12.1 Å². The lowest BCUT2D eigenvalue weighted by molar-refractivity contribution is -0.136. The average molecular weight is 435 g/mol. The third-order valence-corrected chi connectivity index (χ3v) is 5.90. The van der Waals surface area contributed by atoms with E-state index in [1.807, 2.05) is 0 Å². The van der Waals surface area contributed by atoms with Gasteiger partial charge in [-0.2, -0.15) is 13.2 Å². The Bertz CT molecular complexity index is 1170. The second kappa shape index (κ2) is 7.28. The van der Waals surface area contributed by atoms with E-state index in [0.717, 1.165) is 30.2 Å². The number of carbonyl (C=O) groups is 2. The predicted molar refractivity (Wildman–Crippen MR) is 107 cm³/mol. The molecule has 4 rings (SSSR count). The summed E-state index contributed by atoms with van der Waals surface area (Å²) in [7, 11) is 1.20. The zero-order valence-electron chi connectivity index (χ0n) is 15.7. The van der Waals surface area contributed by atoms with Crippen molar-refractivity contribution in [3.63, 3.8) is 0 Å². The first-order valence-corrected chi connectivity index (χ1v) is 9.81. The minimum atomic E-state index is -4.63. The van der Waals surface area contributed by atoms with Gasteiger partial charge in [0.05, 0.1) is 29.6 Å². The molecule has 1 amide bonds. The first-order chi connectivity index (χ1) is 14.2. The van der Waals surface area contributed by atoms with Gasteiger partial charge in [-0.3, -0.25) is 4.79 Å². The van der Waals surface area contributed by atoms with Crippen molar-refractivity contribution in [3.05, 3.63) is 52.0 Å². The van der Waals surface area contributed by atoms with Gasteiger partial charge in [-0.15, -0.1) is 11.3 Å². The van der Waals surface area contributed by atoms with Crippen LogP contribution in [-0.4, -0.2) is 24.0 Å². The summed E-state index contributed by atoms with van der Waals surface area (Å²) in [6.45, 7) is 0. The van der Waals surface area contributed by atoms with Gasteiger partial charge in [0.1, 0.15) is 9.71 Å². The molecule has 0 spiro atoms. The summed E-state index contributed by atoms with van der Waals surface area (Å²) in [6, 6.07) is 7.16. The third kappa shape index (κ3) is 3.58. The van der Waals surface area contributed by atoms with E-state index in [-0.39, 0.29) is 37.9 Å². The fourth-order valence-corrected chi connectivity index (χ4v) is 4.20. The number of anilines is 2. The maximum Gasteiger partial charge on any atom is 0.417 e. The number of nitrogens with zero attached hydrogens (tertiary/aromatic N) is 1. The van der Waals surface area contributed by atoms with E-state index < -0.39 is 23.6 Å². The molecule has 2 heterocycles. The molecule has 0 saturated heterocycles. The Labute approximate surface area is 172 Å². The van der Waals surface area contributed by atoms with Crippen LogP contribution >= 0.6 is 11.3 Å². The lowest BCUT2D eigenvalue weighted by Gasteiger charge is -2.11. The van der Waals surface area contributed by atoms with Crippen molar-refractivity contribution in [1.82, 2.24) is 4.98 Å². The van der Waals surface area contributed by atoms with Crippen molar-refractivity contribution in [3.8, 4) is 0 Å². The average Bonchev–Trinajstić information content (AvgIpc) is 3.50. The molecule has 0 atom stereocenters. The lowest BCUT2D eigenvalue weighted by atomic mass is 10.1. The first-order valence-electron chi connectivity index (χ1n) is 8.99. The Balaban J connectivity index is 1.78.